The van der Waals surface area contributed by atoms with Crippen molar-refractivity contribution in [1.82, 2.24) is 58.6 Å². The van der Waals surface area contributed by atoms with Gasteiger partial charge in [-0.1, -0.05) is 28.1 Å². The highest BCUT2D eigenvalue weighted by Gasteiger charge is 2.41. The van der Waals surface area contributed by atoms with Crippen LogP contribution in [-0.2, 0) is 64.3 Å². The first kappa shape index (κ1) is 49.2. The summed E-state index contributed by atoms with van der Waals surface area (Å²) < 4.78 is 69.4. The first-order chi connectivity index (χ1) is 33.9. The number of aliphatic hydroxyl groups excluding tert-OH is 1. The largest absolute Gasteiger partial charge is 0.390 e. The summed E-state index contributed by atoms with van der Waals surface area (Å²) in [5, 5.41) is 27.7. The highest BCUT2D eigenvalue weighted by molar-refractivity contribution is 7.86. The number of aryl methyl sites for hydroxylation is 4. The van der Waals surface area contributed by atoms with Crippen LogP contribution in [0.2, 0.25) is 0 Å². The van der Waals surface area contributed by atoms with Crippen LogP contribution in [0.3, 0.4) is 0 Å². The zero-order valence-corrected chi connectivity index (χ0v) is 39.5. The lowest BCUT2D eigenvalue weighted by Gasteiger charge is -2.19. The molecular weight excluding hydrogens is 957 g/mol. The Morgan fingerprint density at radius 1 is 0.606 bits per heavy atom. The topological polar surface area (TPSA) is 336 Å². The van der Waals surface area contributed by atoms with Crippen LogP contribution < -0.4 is 33.7 Å². The van der Waals surface area contributed by atoms with Gasteiger partial charge in [-0.05, 0) is 39.8 Å². The van der Waals surface area contributed by atoms with E-state index in [0.29, 0.717) is 17.0 Å². The van der Waals surface area contributed by atoms with Gasteiger partial charge >= 0.3 is 17.1 Å². The molecule has 1 aromatic carbocycles. The molecule has 378 valence electrons. The van der Waals surface area contributed by atoms with Gasteiger partial charge in [0.15, 0.2) is 0 Å². The fourth-order valence-electron chi connectivity index (χ4n) is 8.53. The van der Waals surface area contributed by atoms with Gasteiger partial charge in [-0.3, -0.25) is 47.2 Å². The third-order valence-corrected chi connectivity index (χ3v) is 13.7. The van der Waals surface area contributed by atoms with Crippen molar-refractivity contribution >= 4 is 10.1 Å². The lowest BCUT2D eigenvalue weighted by atomic mass is 10.1. The molecule has 8 heterocycles. The second-order valence-electron chi connectivity index (χ2n) is 17.7. The van der Waals surface area contributed by atoms with E-state index >= 15 is 0 Å². The van der Waals surface area contributed by atoms with Crippen LogP contribution in [0.1, 0.15) is 71.6 Å². The van der Waals surface area contributed by atoms with E-state index < -0.39 is 106 Å². The normalized spacial score (nSPS) is 24.5. The van der Waals surface area contributed by atoms with Gasteiger partial charge in [0.25, 0.3) is 26.8 Å². The molecule has 3 aliphatic rings. The SMILES string of the molecule is Cc1ccc(S(=O)(=O)OC[C@H]2O[C@@H](n3cc(C)c(=O)[nH]c3=O)C[C@@H]2OCc2cn(C[C@H]3O[C@@H](n4cc(C)c(=O)[nH]c4=O)C[C@@H]3OCc3cn(C[C@H]4O[C@@H](n5cc(C)c(=O)[nH]c5=O)C[C@@H]4O)nn3)nn2)cc1. The molecule has 0 radical (unpaired) electrons. The van der Waals surface area contributed by atoms with E-state index in [9.17, 15) is 42.3 Å². The predicted molar refractivity (Wildman–Crippen MR) is 241 cm³/mol. The molecule has 4 N–H and O–H groups in total. The molecular formula is C43H50N12O15S. The first-order valence-corrected chi connectivity index (χ1v) is 23.9. The van der Waals surface area contributed by atoms with Crippen molar-refractivity contribution in [3.63, 3.8) is 0 Å². The lowest BCUT2D eigenvalue weighted by Crippen LogP contribution is -2.33. The summed E-state index contributed by atoms with van der Waals surface area (Å²) in [6.07, 6.45) is 0.145. The van der Waals surface area contributed by atoms with E-state index in [1.54, 1.807) is 38.4 Å². The van der Waals surface area contributed by atoms with Crippen LogP contribution in [0.5, 0.6) is 0 Å². The number of nitrogens with one attached hydrogen (secondary N) is 3. The minimum Gasteiger partial charge on any atom is -0.390 e. The third-order valence-electron chi connectivity index (χ3n) is 12.4. The highest BCUT2D eigenvalue weighted by Crippen LogP contribution is 2.34. The molecule has 0 aliphatic carbocycles. The van der Waals surface area contributed by atoms with Crippen molar-refractivity contribution < 1.29 is 41.4 Å². The molecule has 0 amide bonds. The van der Waals surface area contributed by atoms with Crippen LogP contribution in [0.15, 0.2) is 88.9 Å². The Morgan fingerprint density at radius 3 is 1.52 bits per heavy atom. The molecule has 0 saturated carbocycles. The van der Waals surface area contributed by atoms with Crippen LogP contribution in [0, 0.1) is 27.7 Å². The maximum Gasteiger partial charge on any atom is 0.330 e. The summed E-state index contributed by atoms with van der Waals surface area (Å²) in [7, 11) is -4.21. The number of H-pyrrole nitrogens is 3. The summed E-state index contributed by atoms with van der Waals surface area (Å²) in [5.41, 5.74) is -1.19. The summed E-state index contributed by atoms with van der Waals surface area (Å²) in [5.74, 6) is 0. The van der Waals surface area contributed by atoms with Crippen molar-refractivity contribution in [2.75, 3.05) is 6.61 Å². The van der Waals surface area contributed by atoms with E-state index in [1.165, 1.54) is 60.7 Å². The van der Waals surface area contributed by atoms with E-state index in [1.807, 2.05) is 6.92 Å². The lowest BCUT2D eigenvalue weighted by molar-refractivity contribution is -0.0610. The molecule has 71 heavy (non-hydrogen) atoms. The fraction of sp³-hybridized carbons (Fsp3) is 0.488. The second kappa shape index (κ2) is 20.1. The van der Waals surface area contributed by atoms with Crippen LogP contribution >= 0.6 is 0 Å². The van der Waals surface area contributed by atoms with Gasteiger partial charge in [0.1, 0.15) is 48.4 Å². The average molecular weight is 1010 g/mol. The molecule has 0 spiro atoms. The van der Waals surface area contributed by atoms with Crippen LogP contribution in [-0.4, -0.2) is 115 Å². The van der Waals surface area contributed by atoms with Gasteiger partial charge in [-0.15, -0.1) is 10.2 Å². The van der Waals surface area contributed by atoms with Gasteiger partial charge < -0.3 is 28.8 Å². The minimum absolute atomic E-state index is 0.0532. The number of nitrogens with zero attached hydrogens (tertiary/aromatic N) is 9. The average Bonchev–Trinajstić information content (AvgIpc) is 4.19. The number of hydrogen-bond acceptors (Lipinski definition) is 19. The maximum absolute atomic E-state index is 13.1. The third kappa shape index (κ3) is 10.9. The Kier molecular flexibility index (Phi) is 14.0. The molecule has 6 aromatic rings. The van der Waals surface area contributed by atoms with Crippen molar-refractivity contribution in [1.29, 1.82) is 0 Å². The van der Waals surface area contributed by atoms with Gasteiger partial charge in [0.2, 0.25) is 0 Å². The fourth-order valence-corrected chi connectivity index (χ4v) is 9.45. The molecule has 27 nitrogen and oxygen atoms in total. The number of hydrogen-bond donors (Lipinski definition) is 4. The van der Waals surface area contributed by atoms with E-state index in [2.05, 4.69) is 35.6 Å². The summed E-state index contributed by atoms with van der Waals surface area (Å²) >= 11 is 0. The number of aromatic nitrogens is 12. The smallest absolute Gasteiger partial charge is 0.330 e. The number of aromatic amines is 3. The number of ether oxygens (including phenoxy) is 5. The molecule has 0 bridgehead atoms. The van der Waals surface area contributed by atoms with Gasteiger partial charge in [-0.2, -0.15) is 8.42 Å². The van der Waals surface area contributed by atoms with Gasteiger partial charge in [0.05, 0.1) is 68.5 Å². The van der Waals surface area contributed by atoms with E-state index in [4.69, 9.17) is 27.9 Å². The zero-order chi connectivity index (χ0) is 50.3. The Hall–Kier alpha value is -6.79. The van der Waals surface area contributed by atoms with E-state index in [0.717, 1.165) is 5.56 Å². The Bertz CT molecular complexity index is 3390. The molecule has 3 fully saturated rings. The van der Waals surface area contributed by atoms with E-state index in [-0.39, 0.29) is 61.6 Å². The van der Waals surface area contributed by atoms with Crippen LogP contribution in [0.4, 0.5) is 0 Å². The van der Waals surface area contributed by atoms with Gasteiger partial charge in [-0.25, -0.2) is 23.7 Å². The molecule has 9 atom stereocenters. The highest BCUT2D eigenvalue weighted by atomic mass is 32.2. The van der Waals surface area contributed by atoms with Crippen molar-refractivity contribution in [2.24, 2.45) is 0 Å². The predicted octanol–water partition coefficient (Wildman–Crippen LogP) is -1.15. The summed E-state index contributed by atoms with van der Waals surface area (Å²) in [6.45, 7) is 5.97. The minimum atomic E-state index is -4.21. The number of aliphatic hydroxyl groups is 1. The quantitative estimate of drug-likeness (QED) is 0.0784. The van der Waals surface area contributed by atoms with Crippen LogP contribution in [0.25, 0.3) is 0 Å². The van der Waals surface area contributed by atoms with Gasteiger partial charge in [0, 0.05) is 54.5 Å². The standard InChI is InChI=1S/C43H50N12O15S/c1-22-5-7-28(8-6-22)71(63,64)67-21-34-31(11-37(70-34)55-14-25(4)40(59)46-43(55)62)66-20-27-16-52(50-48-27)18-33-30(10-36(69-33)54-13-24(3)39(58)45-42(54)61)65-19-26-15-51(49-47-26)17-32-29(56)9-35(68-32)53-12-23(2)38(57)44-41(53)60/h5-8,12-16,29-37,56H,9-11,17-21H2,1-4H3,(H,44,57,60)(H,45,58,61)(H,46,59,62)/t29-,30-,31-,32+,33+,34+,35+,36+,37+/m0/s1. The second-order valence-corrected chi connectivity index (χ2v) is 19.3. The summed E-state index contributed by atoms with van der Waals surface area (Å²) in [4.78, 5) is 81.1. The Labute approximate surface area is 400 Å². The Morgan fingerprint density at radius 2 is 1.03 bits per heavy atom. The Balaban J connectivity index is 0.865. The van der Waals surface area contributed by atoms with Crippen molar-refractivity contribution in [2.45, 2.75) is 133 Å². The molecule has 28 heteroatoms. The molecule has 5 aromatic heterocycles. The number of rotatable bonds is 17. The monoisotopic (exact) mass is 1010 g/mol. The molecule has 9 rings (SSSR count). The van der Waals surface area contributed by atoms with Crippen molar-refractivity contribution in [3.8, 4) is 0 Å². The van der Waals surface area contributed by atoms with Crippen molar-refractivity contribution in [3.05, 3.63) is 151 Å². The maximum atomic E-state index is 13.1. The molecule has 3 saturated heterocycles. The zero-order valence-electron chi connectivity index (χ0n) is 38.6. The number of benzene rings is 1. The molecule has 0 unspecified atom stereocenters. The summed E-state index contributed by atoms with van der Waals surface area (Å²) in [6, 6.07) is 6.13. The molecule has 3 aliphatic heterocycles. The first-order valence-electron chi connectivity index (χ1n) is 22.5.